The molecule has 0 aliphatic heterocycles. The lowest BCUT2D eigenvalue weighted by Gasteiger charge is -2.70. The smallest absolute Gasteiger partial charge is 0.312 e. The molecule has 1 heterocycles. The predicted octanol–water partition coefficient (Wildman–Crippen LogP) is 13.0. The van der Waals surface area contributed by atoms with Crippen molar-refractivity contribution in [2.45, 2.75) is 158 Å². The van der Waals surface area contributed by atoms with Gasteiger partial charge in [0, 0.05) is 34.6 Å². The molecule has 0 amide bonds. The van der Waals surface area contributed by atoms with E-state index in [4.69, 9.17) is 26.2 Å². The summed E-state index contributed by atoms with van der Waals surface area (Å²) in [7, 11) is 0. The molecule has 1 aromatic heterocycles. The molecule has 1 aromatic carbocycles. The normalized spacial score (nSPS) is 34.8. The van der Waals surface area contributed by atoms with Crippen molar-refractivity contribution in [2.24, 2.45) is 56.7 Å². The maximum Gasteiger partial charge on any atom is 0.312 e. The largest absolute Gasteiger partial charge is 0.460 e. The molecule has 6 nitrogen and oxygen atoms in total. The van der Waals surface area contributed by atoms with Crippen molar-refractivity contribution in [3.63, 3.8) is 0 Å². The molecule has 0 spiro atoms. The molecule has 0 saturated heterocycles. The van der Waals surface area contributed by atoms with E-state index in [1.165, 1.54) is 57.8 Å². The first kappa shape index (κ1) is 40.5. The van der Waals surface area contributed by atoms with Gasteiger partial charge in [-0.15, -0.1) is 10.2 Å². The molecular weight excluding hydrogens is 702 g/mol. The van der Waals surface area contributed by atoms with Crippen LogP contribution < -0.4 is 0 Å². The van der Waals surface area contributed by atoms with E-state index in [0.717, 1.165) is 36.3 Å². The van der Waals surface area contributed by atoms with Gasteiger partial charge < -0.3 is 14.6 Å². The van der Waals surface area contributed by atoms with E-state index in [1.54, 1.807) is 11.1 Å². The number of hydrogen-bond donors (Lipinski definition) is 1. The van der Waals surface area contributed by atoms with E-state index in [-0.39, 0.29) is 27.6 Å². The van der Waals surface area contributed by atoms with E-state index in [9.17, 15) is 4.79 Å². The summed E-state index contributed by atoms with van der Waals surface area (Å²) in [4.78, 5) is 13.0. The van der Waals surface area contributed by atoms with Crippen LogP contribution in [-0.2, 0) is 16.0 Å². The molecule has 1 N–H and O–H groups in total. The zero-order valence-electron chi connectivity index (χ0n) is 35.6. The number of carbonyl (C=O) groups is 1. The van der Waals surface area contributed by atoms with Crippen LogP contribution in [0.5, 0.6) is 0 Å². The Labute approximate surface area is 336 Å². The predicted molar refractivity (Wildman–Crippen MR) is 223 cm³/mol. The number of nitrogens with zero attached hydrogens (tertiary/aromatic N) is 2. The van der Waals surface area contributed by atoms with E-state index in [2.05, 4.69) is 51.4 Å². The first-order chi connectivity index (χ1) is 25.6. The number of fused-ring (bicyclic) bond motifs is 7. The summed E-state index contributed by atoms with van der Waals surface area (Å²) < 4.78 is 12.1. The first-order valence-electron chi connectivity index (χ1n) is 21.4. The summed E-state index contributed by atoms with van der Waals surface area (Å²) in [6.45, 7) is 26.9. The number of allylic oxidation sites excluding steroid dienone is 3. The molecule has 5 aliphatic carbocycles. The van der Waals surface area contributed by atoms with Crippen molar-refractivity contribution in [1.82, 2.24) is 10.2 Å². The van der Waals surface area contributed by atoms with Crippen LogP contribution in [-0.4, -0.2) is 27.5 Å². The van der Waals surface area contributed by atoms with Crippen LogP contribution in [0.25, 0.3) is 11.5 Å². The lowest BCUT2D eigenvalue weighted by molar-refractivity contribution is -0.195. The number of carbonyl (C=O) groups excluding carboxylic acids is 1. The fraction of sp³-hybridized carbons (Fsp3) is 0.708. The highest BCUT2D eigenvalue weighted by molar-refractivity contribution is 6.30. The third-order valence-corrected chi connectivity index (χ3v) is 16.6. The lowest BCUT2D eigenvalue weighted by Crippen LogP contribution is -2.63. The molecule has 0 bridgehead atoms. The van der Waals surface area contributed by atoms with Crippen LogP contribution >= 0.6 is 11.6 Å². The number of benzene rings is 1. The summed E-state index contributed by atoms with van der Waals surface area (Å²) in [5.74, 6) is 3.88. The zero-order chi connectivity index (χ0) is 39.9. The van der Waals surface area contributed by atoms with Gasteiger partial charge in [0.25, 0.3) is 0 Å². The fourth-order valence-corrected chi connectivity index (χ4v) is 13.3. The third-order valence-electron chi connectivity index (χ3n) is 16.4. The van der Waals surface area contributed by atoms with Gasteiger partial charge in [0.05, 0.1) is 5.41 Å². The molecule has 4 saturated carbocycles. The van der Waals surface area contributed by atoms with Crippen molar-refractivity contribution in [3.05, 3.63) is 58.5 Å². The average molecular weight is 771 g/mol. The van der Waals surface area contributed by atoms with Gasteiger partial charge in [0.1, 0.15) is 5.60 Å². The van der Waals surface area contributed by atoms with Crippen LogP contribution in [0.15, 0.2) is 52.0 Å². The maximum atomic E-state index is 13.0. The lowest BCUT2D eigenvalue weighted by atomic mass is 9.34. The highest BCUT2D eigenvalue weighted by Gasteiger charge is 2.67. The fourth-order valence-electron chi connectivity index (χ4n) is 13.1. The molecule has 0 radical (unpaired) electrons. The first-order valence-corrected chi connectivity index (χ1v) is 21.8. The second-order valence-corrected chi connectivity index (χ2v) is 21.8. The van der Waals surface area contributed by atoms with E-state index >= 15 is 0 Å². The minimum atomic E-state index is -0.759. The molecule has 300 valence electrons. The molecule has 2 aromatic rings. The van der Waals surface area contributed by atoms with Gasteiger partial charge in [0.2, 0.25) is 11.8 Å². The Bertz CT molecular complexity index is 1870. The Morgan fingerprint density at radius 2 is 1.67 bits per heavy atom. The van der Waals surface area contributed by atoms with Crippen molar-refractivity contribution in [2.75, 3.05) is 0 Å². The summed E-state index contributed by atoms with van der Waals surface area (Å²) >= 11 is 6.17. The summed E-state index contributed by atoms with van der Waals surface area (Å²) in [5.41, 5.74) is 5.47. The van der Waals surface area contributed by atoms with Crippen molar-refractivity contribution in [3.8, 4) is 11.5 Å². The molecular formula is C48H68ClN3O3. The second-order valence-electron chi connectivity index (χ2n) is 21.4. The van der Waals surface area contributed by atoms with E-state index in [0.29, 0.717) is 52.6 Å². The van der Waals surface area contributed by atoms with Crippen molar-refractivity contribution >= 4 is 23.3 Å². The summed E-state index contributed by atoms with van der Waals surface area (Å²) in [6.07, 6.45) is 14.5. The van der Waals surface area contributed by atoms with Gasteiger partial charge in [-0.05, 0) is 181 Å². The standard InChI is InChI=1S/C48H68ClN3O3/c1-29(2)35-20-23-48(28-39-51-52-41(54-39)31-12-14-34(49)15-13-31)25-24-46(10)36(40(35)48)16-17-38-45(9)21-18-32(26-33(45)19-22-47(38,46)11)30(3)37(50)27-44(7,8)42(53)55-43(4,5)6/h12-15,29,32-33,36,38,50H,3,16-28H2,1-2,4-11H3. The third kappa shape index (κ3) is 6.90. The Kier molecular flexibility index (Phi) is 10.3. The van der Waals surface area contributed by atoms with E-state index in [1.807, 2.05) is 58.9 Å². The van der Waals surface area contributed by atoms with Gasteiger partial charge in [-0.3, -0.25) is 4.79 Å². The SMILES string of the molecule is C=C(C(=N)CC(C)(C)C(=O)OC(C)(C)C)C1CCC2(C)C(CCC3(C)C2CCC2C4=C(C(C)C)CCC4(Cc4nnc(-c5ccc(Cl)cc5)o4)CCC23C)C1. The average Bonchev–Trinajstić information content (AvgIpc) is 3.72. The van der Waals surface area contributed by atoms with Gasteiger partial charge in [-0.1, -0.05) is 63.9 Å². The maximum absolute atomic E-state index is 13.0. The molecule has 4 fully saturated rings. The molecule has 7 rings (SSSR count). The van der Waals surface area contributed by atoms with Crippen LogP contribution in [0.1, 0.15) is 152 Å². The highest BCUT2D eigenvalue weighted by Crippen LogP contribution is 2.76. The van der Waals surface area contributed by atoms with Gasteiger partial charge in [-0.25, -0.2) is 0 Å². The number of halogens is 1. The van der Waals surface area contributed by atoms with Gasteiger partial charge >= 0.3 is 5.97 Å². The van der Waals surface area contributed by atoms with Gasteiger partial charge in [0.15, 0.2) is 0 Å². The van der Waals surface area contributed by atoms with Crippen LogP contribution in [0.3, 0.4) is 0 Å². The zero-order valence-corrected chi connectivity index (χ0v) is 36.3. The highest BCUT2D eigenvalue weighted by atomic mass is 35.5. The Morgan fingerprint density at radius 3 is 2.35 bits per heavy atom. The number of rotatable bonds is 9. The number of hydrogen-bond acceptors (Lipinski definition) is 6. The Morgan fingerprint density at radius 1 is 0.964 bits per heavy atom. The minimum Gasteiger partial charge on any atom is -0.460 e. The van der Waals surface area contributed by atoms with Crippen LogP contribution in [0, 0.1) is 62.1 Å². The molecule has 7 heteroatoms. The second kappa shape index (κ2) is 14.0. The number of aromatic nitrogens is 2. The molecule has 5 aliphatic rings. The number of esters is 1. The Hall–Kier alpha value is -2.73. The number of ether oxygens (including phenoxy) is 1. The molecule has 8 unspecified atom stereocenters. The molecule has 8 atom stereocenters. The van der Waals surface area contributed by atoms with Gasteiger partial charge in [-0.2, -0.15) is 0 Å². The monoisotopic (exact) mass is 769 g/mol. The summed E-state index contributed by atoms with van der Waals surface area (Å²) in [6, 6.07) is 7.68. The topological polar surface area (TPSA) is 89.1 Å². The quantitative estimate of drug-likeness (QED) is 0.156. The van der Waals surface area contributed by atoms with Crippen LogP contribution in [0.2, 0.25) is 5.02 Å². The van der Waals surface area contributed by atoms with E-state index < -0.39 is 11.0 Å². The van der Waals surface area contributed by atoms with Crippen molar-refractivity contribution < 1.29 is 13.9 Å². The van der Waals surface area contributed by atoms with Crippen LogP contribution in [0.4, 0.5) is 0 Å². The summed E-state index contributed by atoms with van der Waals surface area (Å²) in [5, 5.41) is 19.0. The molecule has 55 heavy (non-hydrogen) atoms. The minimum absolute atomic E-state index is 0.0960. The van der Waals surface area contributed by atoms with Crippen molar-refractivity contribution in [1.29, 1.82) is 5.41 Å². The Balaban J connectivity index is 1.09. The number of nitrogens with one attached hydrogen (secondary N) is 1.